The van der Waals surface area contributed by atoms with Crippen LogP contribution in [-0.2, 0) is 7.05 Å². The minimum atomic E-state index is -0.341. The molecule has 1 unspecified atom stereocenters. The average Bonchev–Trinajstić information content (AvgIpc) is 3.07. The molecule has 27 heavy (non-hydrogen) atoms. The van der Waals surface area contributed by atoms with Crippen LogP contribution in [-0.4, -0.2) is 24.5 Å². The molecule has 8 heteroatoms. The smallest absolute Gasteiger partial charge is 0.272 e. The summed E-state index contributed by atoms with van der Waals surface area (Å²) >= 11 is 6.03. The lowest BCUT2D eigenvalue weighted by molar-refractivity contribution is 0.816. The largest absolute Gasteiger partial charge is 0.362 e. The summed E-state index contributed by atoms with van der Waals surface area (Å²) in [5.74, 6) is 0.647. The number of pyridine rings is 1. The van der Waals surface area contributed by atoms with Gasteiger partial charge in [0.1, 0.15) is 11.5 Å². The number of H-pyrrole nitrogens is 1. The minimum Gasteiger partial charge on any atom is -0.362 e. The van der Waals surface area contributed by atoms with Gasteiger partial charge in [0.15, 0.2) is 0 Å². The van der Waals surface area contributed by atoms with Crippen LogP contribution in [0.1, 0.15) is 18.7 Å². The summed E-state index contributed by atoms with van der Waals surface area (Å²) in [4.78, 5) is 28.2. The Labute approximate surface area is 160 Å². The zero-order chi connectivity index (χ0) is 19.0. The molecule has 7 nitrogen and oxygen atoms in total. The number of halogens is 1. The number of fused-ring (bicyclic) bond motifs is 1. The van der Waals surface area contributed by atoms with Crippen molar-refractivity contribution in [2.75, 3.05) is 5.32 Å². The van der Waals surface area contributed by atoms with Gasteiger partial charge in [-0.1, -0.05) is 11.6 Å². The Bertz CT molecular complexity index is 1180. The first kappa shape index (κ1) is 17.2. The highest BCUT2D eigenvalue weighted by Gasteiger charge is 2.14. The number of aromatic amines is 1. The number of imidazole rings is 1. The molecule has 0 fully saturated rings. The van der Waals surface area contributed by atoms with Crippen molar-refractivity contribution < 1.29 is 0 Å². The highest BCUT2D eigenvalue weighted by molar-refractivity contribution is 6.31. The van der Waals surface area contributed by atoms with Crippen LogP contribution < -0.4 is 10.9 Å². The number of nitrogens with zero attached hydrogens (tertiary/aromatic N) is 4. The fourth-order valence-electron chi connectivity index (χ4n) is 2.96. The van der Waals surface area contributed by atoms with Crippen LogP contribution in [0.25, 0.3) is 22.3 Å². The molecule has 0 radical (unpaired) electrons. The molecule has 0 saturated heterocycles. The first-order valence-corrected chi connectivity index (χ1v) is 8.78. The summed E-state index contributed by atoms with van der Waals surface area (Å²) in [6, 6.07) is 8.68. The summed E-state index contributed by atoms with van der Waals surface area (Å²) < 4.78 is 1.93. The predicted octanol–water partition coefficient (Wildman–Crippen LogP) is 3.55. The van der Waals surface area contributed by atoms with E-state index in [1.165, 1.54) is 0 Å². The fourth-order valence-corrected chi connectivity index (χ4v) is 3.12. The Morgan fingerprint density at radius 2 is 2.11 bits per heavy atom. The summed E-state index contributed by atoms with van der Waals surface area (Å²) in [7, 11) is 1.93. The number of hydrogen-bond acceptors (Lipinski definition) is 5. The van der Waals surface area contributed by atoms with Crippen molar-refractivity contribution in [3.63, 3.8) is 0 Å². The highest BCUT2D eigenvalue weighted by atomic mass is 35.5. The Hall–Kier alpha value is -3.19. The summed E-state index contributed by atoms with van der Waals surface area (Å²) in [6.45, 7) is 1.87. The molecule has 0 saturated carbocycles. The molecule has 136 valence electrons. The number of anilines is 1. The molecule has 0 aliphatic rings. The Kier molecular flexibility index (Phi) is 4.37. The maximum atomic E-state index is 12.4. The number of benzene rings is 1. The van der Waals surface area contributed by atoms with Gasteiger partial charge in [-0.15, -0.1) is 0 Å². The van der Waals surface area contributed by atoms with E-state index in [0.29, 0.717) is 27.6 Å². The van der Waals surface area contributed by atoms with Gasteiger partial charge in [-0.25, -0.2) is 15.0 Å². The molecule has 1 aromatic carbocycles. The second-order valence-electron chi connectivity index (χ2n) is 6.30. The highest BCUT2D eigenvalue weighted by Crippen LogP contribution is 2.23. The number of rotatable bonds is 4. The van der Waals surface area contributed by atoms with Crippen molar-refractivity contribution in [3.8, 4) is 11.3 Å². The van der Waals surface area contributed by atoms with E-state index in [9.17, 15) is 4.79 Å². The maximum Gasteiger partial charge on any atom is 0.272 e. The van der Waals surface area contributed by atoms with Gasteiger partial charge in [0.25, 0.3) is 5.56 Å². The molecule has 0 amide bonds. The summed E-state index contributed by atoms with van der Waals surface area (Å²) in [5.41, 5.74) is 3.38. The van der Waals surface area contributed by atoms with E-state index in [4.69, 9.17) is 11.6 Å². The number of aryl methyl sites for hydroxylation is 1. The Balaban J connectivity index is 1.65. The van der Waals surface area contributed by atoms with E-state index in [-0.39, 0.29) is 11.6 Å². The van der Waals surface area contributed by atoms with Crippen molar-refractivity contribution in [3.05, 3.63) is 70.1 Å². The third kappa shape index (κ3) is 3.41. The van der Waals surface area contributed by atoms with Crippen LogP contribution >= 0.6 is 11.6 Å². The van der Waals surface area contributed by atoms with Crippen LogP contribution in [0.4, 0.5) is 5.82 Å². The third-order valence-electron chi connectivity index (χ3n) is 4.33. The third-order valence-corrected chi connectivity index (χ3v) is 4.56. The molecule has 2 N–H and O–H groups in total. The van der Waals surface area contributed by atoms with E-state index in [1.54, 1.807) is 36.9 Å². The first-order chi connectivity index (χ1) is 13.0. The quantitative estimate of drug-likeness (QED) is 0.565. The number of nitrogens with one attached hydrogen (secondary N) is 2. The average molecular weight is 381 g/mol. The lowest BCUT2D eigenvalue weighted by Gasteiger charge is -2.14. The second kappa shape index (κ2) is 6.85. The molecule has 1 atom stereocenters. The molecule has 4 rings (SSSR count). The molecule has 0 aliphatic heterocycles. The fraction of sp³-hybridized carbons (Fsp3) is 0.158. The van der Waals surface area contributed by atoms with E-state index in [0.717, 1.165) is 11.3 Å². The van der Waals surface area contributed by atoms with Gasteiger partial charge in [-0.2, -0.15) is 0 Å². The van der Waals surface area contributed by atoms with Gasteiger partial charge >= 0.3 is 0 Å². The first-order valence-electron chi connectivity index (χ1n) is 8.40. The molecule has 4 aromatic rings. The van der Waals surface area contributed by atoms with E-state index >= 15 is 0 Å². The van der Waals surface area contributed by atoms with Crippen molar-refractivity contribution >= 4 is 28.5 Å². The summed E-state index contributed by atoms with van der Waals surface area (Å²) in [6.07, 6.45) is 5.26. The lowest BCUT2D eigenvalue weighted by atomic mass is 10.2. The maximum absolute atomic E-state index is 12.4. The van der Waals surface area contributed by atoms with Crippen molar-refractivity contribution in [2.24, 2.45) is 7.05 Å². The summed E-state index contributed by atoms with van der Waals surface area (Å²) in [5, 5.41) is 3.81. The van der Waals surface area contributed by atoms with Crippen LogP contribution in [0.5, 0.6) is 0 Å². The SMILES string of the molecule is CC(Nc1cc(-c2cncn2C)ccn1)c1nc2cc(Cl)ccc2[nH]c1=O. The van der Waals surface area contributed by atoms with Crippen molar-refractivity contribution in [1.29, 1.82) is 0 Å². The molecule has 3 heterocycles. The molecule has 0 spiro atoms. The van der Waals surface area contributed by atoms with Gasteiger partial charge in [0, 0.05) is 23.8 Å². The molecule has 0 bridgehead atoms. The standard InChI is InChI=1S/C19H17ClN6O/c1-11(18-19(27)25-14-4-3-13(20)8-15(14)24-18)23-17-7-12(5-6-22-17)16-9-21-10-26(16)2/h3-11H,1-2H3,(H,22,23)(H,25,27). The predicted molar refractivity (Wildman–Crippen MR) is 106 cm³/mol. The van der Waals surface area contributed by atoms with Crippen LogP contribution in [0.3, 0.4) is 0 Å². The monoisotopic (exact) mass is 380 g/mol. The lowest BCUT2D eigenvalue weighted by Crippen LogP contribution is -2.22. The molecular formula is C19H17ClN6O. The molecular weight excluding hydrogens is 364 g/mol. The van der Waals surface area contributed by atoms with Gasteiger partial charge < -0.3 is 14.9 Å². The van der Waals surface area contributed by atoms with Crippen LogP contribution in [0.15, 0.2) is 53.8 Å². The minimum absolute atomic E-state index is 0.243. The van der Waals surface area contributed by atoms with Gasteiger partial charge in [-0.3, -0.25) is 4.79 Å². The number of hydrogen-bond donors (Lipinski definition) is 2. The molecule has 3 aromatic heterocycles. The zero-order valence-electron chi connectivity index (χ0n) is 14.8. The van der Waals surface area contributed by atoms with Crippen LogP contribution in [0.2, 0.25) is 5.02 Å². The van der Waals surface area contributed by atoms with Gasteiger partial charge in [0.2, 0.25) is 0 Å². The number of aromatic nitrogens is 5. The molecule has 0 aliphatic carbocycles. The van der Waals surface area contributed by atoms with Gasteiger partial charge in [-0.05, 0) is 37.3 Å². The van der Waals surface area contributed by atoms with Crippen LogP contribution in [0, 0.1) is 0 Å². The van der Waals surface area contributed by atoms with Gasteiger partial charge in [0.05, 0.1) is 35.3 Å². The van der Waals surface area contributed by atoms with Crippen molar-refractivity contribution in [1.82, 2.24) is 24.5 Å². The van der Waals surface area contributed by atoms with E-state index < -0.39 is 0 Å². The van der Waals surface area contributed by atoms with E-state index in [2.05, 4.69) is 25.3 Å². The second-order valence-corrected chi connectivity index (χ2v) is 6.73. The Morgan fingerprint density at radius 1 is 1.26 bits per heavy atom. The topological polar surface area (TPSA) is 88.5 Å². The normalized spacial score (nSPS) is 12.3. The zero-order valence-corrected chi connectivity index (χ0v) is 15.5. The van der Waals surface area contributed by atoms with E-state index in [1.807, 2.05) is 30.7 Å². The Morgan fingerprint density at radius 3 is 2.89 bits per heavy atom. The van der Waals surface area contributed by atoms with Crippen molar-refractivity contribution in [2.45, 2.75) is 13.0 Å².